The zero-order valence-electron chi connectivity index (χ0n) is 16.3. The second-order valence-corrected chi connectivity index (χ2v) is 9.87. The normalized spacial score (nSPS) is 16.8. The van der Waals surface area contributed by atoms with Crippen molar-refractivity contribution < 1.29 is 17.9 Å². The van der Waals surface area contributed by atoms with Gasteiger partial charge in [-0.25, -0.2) is 8.42 Å². The van der Waals surface area contributed by atoms with Gasteiger partial charge in [0.05, 0.1) is 18.0 Å². The quantitative estimate of drug-likeness (QED) is 0.677. The van der Waals surface area contributed by atoms with Gasteiger partial charge < -0.3 is 9.47 Å². The third-order valence-corrected chi connectivity index (χ3v) is 6.29. The number of benzene rings is 2. The molecule has 1 aliphatic heterocycles. The highest BCUT2D eigenvalue weighted by atomic mass is 32.2. The van der Waals surface area contributed by atoms with Crippen molar-refractivity contribution in [3.05, 3.63) is 59.7 Å². The van der Waals surface area contributed by atoms with Gasteiger partial charge in [0, 0.05) is 12.6 Å². The predicted octanol–water partition coefficient (Wildman–Crippen LogP) is 3.73. The van der Waals surface area contributed by atoms with E-state index >= 15 is 0 Å². The lowest BCUT2D eigenvalue weighted by Gasteiger charge is -2.27. The maximum absolute atomic E-state index is 13.0. The standard InChI is InChI=1S/C21H27NO4S/c1-21(2,3)20-16(9-8-12-19(20)26-14-18-13-25-18)15-27(23,24)22(4)17-10-6-5-7-11-17/h5-12,18H,13-15H2,1-4H3. The molecule has 0 amide bonds. The van der Waals surface area contributed by atoms with E-state index in [2.05, 4.69) is 20.8 Å². The van der Waals surface area contributed by atoms with Crippen LogP contribution in [-0.4, -0.2) is 34.8 Å². The SMILES string of the molecule is CN(c1ccccc1)S(=O)(=O)Cc1cccc(OCC2CO2)c1C(C)(C)C. The van der Waals surface area contributed by atoms with Gasteiger partial charge in [-0.15, -0.1) is 0 Å². The molecule has 1 unspecified atom stereocenters. The summed E-state index contributed by atoms with van der Waals surface area (Å²) >= 11 is 0. The summed E-state index contributed by atoms with van der Waals surface area (Å²) in [5.41, 5.74) is 2.08. The number of sulfonamides is 1. The number of epoxide rings is 1. The van der Waals surface area contributed by atoms with Crippen LogP contribution in [0.4, 0.5) is 5.69 Å². The van der Waals surface area contributed by atoms with Crippen LogP contribution in [0.1, 0.15) is 31.9 Å². The molecule has 0 aliphatic carbocycles. The molecule has 0 spiro atoms. The first-order valence-electron chi connectivity index (χ1n) is 9.07. The van der Waals surface area contributed by atoms with Crippen LogP contribution in [0.3, 0.4) is 0 Å². The van der Waals surface area contributed by atoms with Gasteiger partial charge in [-0.3, -0.25) is 4.31 Å². The van der Waals surface area contributed by atoms with Gasteiger partial charge in [0.15, 0.2) is 0 Å². The van der Waals surface area contributed by atoms with Crippen molar-refractivity contribution in [2.75, 3.05) is 24.6 Å². The Morgan fingerprint density at radius 3 is 2.37 bits per heavy atom. The van der Waals surface area contributed by atoms with Crippen molar-refractivity contribution in [1.29, 1.82) is 0 Å². The Balaban J connectivity index is 1.92. The van der Waals surface area contributed by atoms with Crippen molar-refractivity contribution in [3.63, 3.8) is 0 Å². The Bertz CT molecular complexity index is 884. The third-order valence-electron chi connectivity index (χ3n) is 4.56. The van der Waals surface area contributed by atoms with E-state index in [1.165, 1.54) is 4.31 Å². The molecule has 2 aromatic carbocycles. The molecule has 0 radical (unpaired) electrons. The number of nitrogens with zero attached hydrogens (tertiary/aromatic N) is 1. The summed E-state index contributed by atoms with van der Waals surface area (Å²) in [6.45, 7) is 7.42. The fourth-order valence-corrected chi connectivity index (χ4v) is 4.38. The van der Waals surface area contributed by atoms with E-state index in [9.17, 15) is 8.42 Å². The average Bonchev–Trinajstić information content (AvgIpc) is 3.43. The van der Waals surface area contributed by atoms with Gasteiger partial charge in [-0.1, -0.05) is 51.1 Å². The maximum Gasteiger partial charge on any atom is 0.239 e. The first-order chi connectivity index (χ1) is 12.7. The van der Waals surface area contributed by atoms with Gasteiger partial charge in [0.1, 0.15) is 18.5 Å². The van der Waals surface area contributed by atoms with E-state index in [4.69, 9.17) is 9.47 Å². The molecule has 1 atom stereocenters. The lowest BCUT2D eigenvalue weighted by molar-refractivity contribution is 0.258. The van der Waals surface area contributed by atoms with Crippen molar-refractivity contribution >= 4 is 15.7 Å². The predicted molar refractivity (Wildman–Crippen MR) is 108 cm³/mol. The summed E-state index contributed by atoms with van der Waals surface area (Å²) < 4.78 is 38.6. The largest absolute Gasteiger partial charge is 0.490 e. The van der Waals surface area contributed by atoms with E-state index in [0.29, 0.717) is 12.3 Å². The maximum atomic E-state index is 13.0. The highest BCUT2D eigenvalue weighted by molar-refractivity contribution is 7.92. The molecule has 3 rings (SSSR count). The summed E-state index contributed by atoms with van der Waals surface area (Å²) in [7, 11) is -1.94. The van der Waals surface area contributed by atoms with Crippen molar-refractivity contribution in [2.45, 2.75) is 38.0 Å². The molecule has 27 heavy (non-hydrogen) atoms. The summed E-state index contributed by atoms with van der Waals surface area (Å²) in [5, 5.41) is 0. The topological polar surface area (TPSA) is 59.1 Å². The Morgan fingerprint density at radius 2 is 1.78 bits per heavy atom. The van der Waals surface area contributed by atoms with Gasteiger partial charge in [-0.2, -0.15) is 0 Å². The fourth-order valence-electron chi connectivity index (χ4n) is 3.11. The number of hydrogen-bond donors (Lipinski definition) is 0. The Labute approximate surface area is 162 Å². The molecule has 1 fully saturated rings. The first kappa shape index (κ1) is 19.7. The van der Waals surface area contributed by atoms with E-state index < -0.39 is 10.0 Å². The van der Waals surface area contributed by atoms with E-state index in [1.807, 2.05) is 36.4 Å². The van der Waals surface area contributed by atoms with Crippen LogP contribution >= 0.6 is 0 Å². The van der Waals surface area contributed by atoms with Crippen LogP contribution < -0.4 is 9.04 Å². The molecule has 5 nitrogen and oxygen atoms in total. The molecule has 6 heteroatoms. The van der Waals surface area contributed by atoms with Gasteiger partial charge in [-0.05, 0) is 29.2 Å². The zero-order chi connectivity index (χ0) is 19.7. The zero-order valence-corrected chi connectivity index (χ0v) is 17.1. The minimum Gasteiger partial charge on any atom is -0.490 e. The third kappa shape index (κ3) is 4.82. The first-order valence-corrected chi connectivity index (χ1v) is 10.7. The monoisotopic (exact) mass is 389 g/mol. The minimum absolute atomic E-state index is 0.0812. The molecule has 0 bridgehead atoms. The lowest BCUT2D eigenvalue weighted by Crippen LogP contribution is -2.29. The van der Waals surface area contributed by atoms with Crippen LogP contribution in [0, 0.1) is 0 Å². The van der Waals surface area contributed by atoms with Crippen LogP contribution in [0.15, 0.2) is 48.5 Å². The van der Waals surface area contributed by atoms with Crippen molar-refractivity contribution in [1.82, 2.24) is 0 Å². The highest BCUT2D eigenvalue weighted by Crippen LogP contribution is 2.36. The van der Waals surface area contributed by atoms with Crippen molar-refractivity contribution in [2.24, 2.45) is 0 Å². The van der Waals surface area contributed by atoms with Crippen LogP contribution in [0.25, 0.3) is 0 Å². The van der Waals surface area contributed by atoms with Gasteiger partial charge in [0.2, 0.25) is 10.0 Å². The molecule has 1 aliphatic rings. The number of hydrogen-bond acceptors (Lipinski definition) is 4. The van der Waals surface area contributed by atoms with Crippen LogP contribution in [0.5, 0.6) is 5.75 Å². The number of para-hydroxylation sites is 1. The molecular weight excluding hydrogens is 362 g/mol. The number of ether oxygens (including phenoxy) is 2. The molecule has 2 aromatic rings. The van der Waals surface area contributed by atoms with Crippen molar-refractivity contribution in [3.8, 4) is 5.75 Å². The summed E-state index contributed by atoms with van der Waals surface area (Å²) in [6, 6.07) is 14.7. The second kappa shape index (κ2) is 7.52. The van der Waals surface area contributed by atoms with Crippen LogP contribution in [0.2, 0.25) is 0 Å². The van der Waals surface area contributed by atoms with E-state index in [-0.39, 0.29) is 17.3 Å². The fraction of sp³-hybridized carbons (Fsp3) is 0.429. The molecule has 0 aromatic heterocycles. The second-order valence-electron chi connectivity index (χ2n) is 7.87. The molecular formula is C21H27NO4S. The summed E-state index contributed by atoms with van der Waals surface area (Å²) in [4.78, 5) is 0. The Morgan fingerprint density at radius 1 is 1.11 bits per heavy atom. The van der Waals surface area contributed by atoms with E-state index in [0.717, 1.165) is 23.5 Å². The average molecular weight is 390 g/mol. The molecule has 1 heterocycles. The smallest absolute Gasteiger partial charge is 0.239 e. The highest BCUT2D eigenvalue weighted by Gasteiger charge is 2.29. The summed E-state index contributed by atoms with van der Waals surface area (Å²) in [6.07, 6.45) is 0.148. The number of anilines is 1. The molecule has 146 valence electrons. The molecule has 0 N–H and O–H groups in total. The van der Waals surface area contributed by atoms with E-state index in [1.54, 1.807) is 19.2 Å². The van der Waals surface area contributed by atoms with Crippen LogP contribution in [-0.2, 0) is 25.9 Å². The van der Waals surface area contributed by atoms with Gasteiger partial charge >= 0.3 is 0 Å². The molecule has 1 saturated heterocycles. The Hall–Kier alpha value is -2.05. The minimum atomic E-state index is -3.53. The van der Waals surface area contributed by atoms with Gasteiger partial charge in [0.25, 0.3) is 0 Å². The lowest BCUT2D eigenvalue weighted by atomic mass is 9.83. The Kier molecular flexibility index (Phi) is 5.49. The number of rotatable bonds is 7. The summed E-state index contributed by atoms with van der Waals surface area (Å²) in [5.74, 6) is 0.648. The molecule has 0 saturated carbocycles.